The van der Waals surface area contributed by atoms with Crippen molar-refractivity contribution in [3.8, 4) is 0 Å². The van der Waals surface area contributed by atoms with Crippen LogP contribution in [0.25, 0.3) is 0 Å². The fourth-order valence-electron chi connectivity index (χ4n) is 0.836. The molecule has 0 radical (unpaired) electrons. The average molecular weight is 152 g/mol. The number of carbonyl (C=O) groups excluding carboxylic acids is 1. The zero-order valence-corrected chi connectivity index (χ0v) is 6.32. The Morgan fingerprint density at radius 1 is 1.64 bits per heavy atom. The maximum atomic E-state index is 11.1. The Hall–Kier alpha value is -1.38. The van der Waals surface area contributed by atoms with Gasteiger partial charge in [0.25, 0.3) is 5.69 Å². The van der Waals surface area contributed by atoms with Crippen LogP contribution in [0.3, 0.4) is 0 Å². The molecule has 0 spiro atoms. The fraction of sp³-hybridized carbons (Fsp3) is 0.250. The highest BCUT2D eigenvalue weighted by atomic mass is 16.5. The molecule has 1 aromatic heterocycles. The van der Waals surface area contributed by atoms with Gasteiger partial charge in [-0.1, -0.05) is 6.92 Å². The van der Waals surface area contributed by atoms with Crippen molar-refractivity contribution in [1.29, 1.82) is 0 Å². The lowest BCUT2D eigenvalue weighted by molar-refractivity contribution is -0.905. The second-order valence-corrected chi connectivity index (χ2v) is 2.21. The van der Waals surface area contributed by atoms with Crippen molar-refractivity contribution in [3.63, 3.8) is 0 Å². The monoisotopic (exact) mass is 152 g/mol. The summed E-state index contributed by atoms with van der Waals surface area (Å²) in [4.78, 5) is 11.1. The van der Waals surface area contributed by atoms with Gasteiger partial charge in [0.1, 0.15) is 0 Å². The minimum atomic E-state index is -0.0619. The minimum absolute atomic E-state index is 0.0619. The van der Waals surface area contributed by atoms with E-state index >= 15 is 0 Å². The average Bonchev–Trinajstić information content (AvgIpc) is 2.04. The summed E-state index contributed by atoms with van der Waals surface area (Å²) in [5, 5.41) is 9.11. The molecule has 1 N–H and O–H groups in total. The summed E-state index contributed by atoms with van der Waals surface area (Å²) in [5.41, 5.74) is 0.329. The zero-order chi connectivity index (χ0) is 8.27. The van der Waals surface area contributed by atoms with E-state index < -0.39 is 0 Å². The van der Waals surface area contributed by atoms with Gasteiger partial charge in [-0.3, -0.25) is 10.0 Å². The Morgan fingerprint density at radius 2 is 2.36 bits per heavy atom. The highest BCUT2D eigenvalue weighted by Crippen LogP contribution is 1.94. The van der Waals surface area contributed by atoms with E-state index in [9.17, 15) is 4.79 Å². The summed E-state index contributed by atoms with van der Waals surface area (Å²) in [6.45, 7) is 1.76. The predicted octanol–water partition coefficient (Wildman–Crippen LogP) is 0.804. The lowest BCUT2D eigenvalue weighted by Gasteiger charge is -1.90. The van der Waals surface area contributed by atoms with Crippen LogP contribution >= 0.6 is 0 Å². The van der Waals surface area contributed by atoms with Crippen LogP contribution in [-0.2, 0) is 0 Å². The molecule has 0 bridgehead atoms. The Balaban J connectivity index is 3.03. The fourth-order valence-corrected chi connectivity index (χ4v) is 0.836. The third-order valence-electron chi connectivity index (χ3n) is 1.45. The molecule has 3 heteroatoms. The van der Waals surface area contributed by atoms with Crippen LogP contribution in [0.2, 0.25) is 0 Å². The number of carbonyl (C=O) groups is 1. The molecule has 0 aromatic carbocycles. The minimum Gasteiger partial charge on any atom is -0.287 e. The van der Waals surface area contributed by atoms with E-state index in [0.29, 0.717) is 12.1 Å². The van der Waals surface area contributed by atoms with Crippen LogP contribution in [0.4, 0.5) is 0 Å². The Bertz CT molecular complexity index is 271. The van der Waals surface area contributed by atoms with Crippen molar-refractivity contribution >= 4 is 5.78 Å². The third-order valence-corrected chi connectivity index (χ3v) is 1.45. The van der Waals surface area contributed by atoms with Gasteiger partial charge in [-0.05, 0) is 6.07 Å². The smallest absolute Gasteiger partial charge is 0.287 e. The Kier molecular flexibility index (Phi) is 2.21. The lowest BCUT2D eigenvalue weighted by Crippen LogP contribution is -2.36. The van der Waals surface area contributed by atoms with E-state index in [1.807, 2.05) is 0 Å². The molecular formula is C8H10NO2+. The first-order valence-corrected chi connectivity index (χ1v) is 3.49. The highest BCUT2D eigenvalue weighted by Gasteiger charge is 2.15. The molecule has 0 saturated carbocycles. The number of pyridine rings is 1. The van der Waals surface area contributed by atoms with Crippen molar-refractivity contribution in [1.82, 2.24) is 0 Å². The van der Waals surface area contributed by atoms with Gasteiger partial charge in [-0.25, -0.2) is 0 Å². The summed E-state index contributed by atoms with van der Waals surface area (Å²) in [7, 11) is 0. The molecule has 0 atom stereocenters. The zero-order valence-electron chi connectivity index (χ0n) is 6.32. The van der Waals surface area contributed by atoms with E-state index in [1.165, 1.54) is 6.20 Å². The number of Topliss-reactive ketones (excluding diaryl/α,β-unsaturated/α-hetero) is 1. The van der Waals surface area contributed by atoms with Crippen LogP contribution < -0.4 is 4.73 Å². The predicted molar refractivity (Wildman–Crippen MR) is 38.4 cm³/mol. The maximum absolute atomic E-state index is 11.1. The first kappa shape index (κ1) is 7.72. The van der Waals surface area contributed by atoms with Crippen LogP contribution in [0.15, 0.2) is 24.4 Å². The number of hydrogen-bond donors (Lipinski definition) is 1. The van der Waals surface area contributed by atoms with Gasteiger partial charge in [0.15, 0.2) is 0 Å². The second-order valence-electron chi connectivity index (χ2n) is 2.21. The Labute approximate surface area is 64.9 Å². The number of hydrogen-bond acceptors (Lipinski definition) is 2. The van der Waals surface area contributed by atoms with E-state index in [-0.39, 0.29) is 5.78 Å². The molecule has 1 rings (SSSR count). The molecule has 1 heterocycles. The maximum Gasteiger partial charge on any atom is 0.299 e. The molecule has 1 aromatic rings. The SMILES string of the molecule is CCC(=O)c1cccc[n+]1O. The van der Waals surface area contributed by atoms with E-state index in [1.54, 1.807) is 25.1 Å². The summed E-state index contributed by atoms with van der Waals surface area (Å²) in [6.07, 6.45) is 1.84. The molecular weight excluding hydrogens is 142 g/mol. The van der Waals surface area contributed by atoms with Crippen molar-refractivity contribution < 1.29 is 14.7 Å². The van der Waals surface area contributed by atoms with Crippen LogP contribution in [0.5, 0.6) is 0 Å². The van der Waals surface area contributed by atoms with Gasteiger partial charge in [-0.2, -0.15) is 0 Å². The molecule has 0 aliphatic heterocycles. The molecule has 0 saturated heterocycles. The number of ketones is 1. The largest absolute Gasteiger partial charge is 0.299 e. The van der Waals surface area contributed by atoms with Crippen LogP contribution in [-0.4, -0.2) is 11.0 Å². The molecule has 58 valence electrons. The van der Waals surface area contributed by atoms with Gasteiger partial charge in [0.05, 0.1) is 0 Å². The van der Waals surface area contributed by atoms with Gasteiger partial charge in [-0.15, -0.1) is 0 Å². The molecule has 0 amide bonds. The molecule has 0 aliphatic rings. The van der Waals surface area contributed by atoms with Gasteiger partial charge in [0.2, 0.25) is 12.0 Å². The van der Waals surface area contributed by atoms with Crippen molar-refractivity contribution in [3.05, 3.63) is 30.1 Å². The van der Waals surface area contributed by atoms with Gasteiger partial charge in [0, 0.05) is 23.3 Å². The summed E-state index contributed by atoms with van der Waals surface area (Å²) >= 11 is 0. The highest BCUT2D eigenvalue weighted by molar-refractivity contribution is 5.92. The first-order chi connectivity index (χ1) is 5.25. The third kappa shape index (κ3) is 1.55. The Morgan fingerprint density at radius 3 is 2.91 bits per heavy atom. The van der Waals surface area contributed by atoms with Gasteiger partial charge < -0.3 is 0 Å². The number of rotatable bonds is 2. The molecule has 0 fully saturated rings. The quantitative estimate of drug-likeness (QED) is 0.387. The molecule has 0 unspecified atom stereocenters. The van der Waals surface area contributed by atoms with Crippen molar-refractivity contribution in [2.45, 2.75) is 13.3 Å². The topological polar surface area (TPSA) is 41.2 Å². The lowest BCUT2D eigenvalue weighted by atomic mass is 10.2. The normalized spacial score (nSPS) is 9.55. The van der Waals surface area contributed by atoms with Crippen molar-refractivity contribution in [2.24, 2.45) is 0 Å². The molecule has 3 nitrogen and oxygen atoms in total. The van der Waals surface area contributed by atoms with Crippen LogP contribution in [0, 0.1) is 0 Å². The van der Waals surface area contributed by atoms with Gasteiger partial charge >= 0.3 is 0 Å². The summed E-state index contributed by atoms with van der Waals surface area (Å²) in [5.74, 6) is -0.0619. The number of nitrogens with zero attached hydrogens (tertiary/aromatic N) is 1. The standard InChI is InChI=1S/C8H10NO2/c1-2-8(10)7-5-3-4-6-9(7)11/h3-6,11H,2H2,1H3/q+1. The summed E-state index contributed by atoms with van der Waals surface area (Å²) < 4.78 is 0.839. The molecule has 0 aliphatic carbocycles. The van der Waals surface area contributed by atoms with Crippen molar-refractivity contribution in [2.75, 3.05) is 0 Å². The molecule has 11 heavy (non-hydrogen) atoms. The second kappa shape index (κ2) is 3.14. The first-order valence-electron chi connectivity index (χ1n) is 3.49. The van der Waals surface area contributed by atoms with E-state index in [4.69, 9.17) is 5.21 Å². The van der Waals surface area contributed by atoms with E-state index in [0.717, 1.165) is 4.73 Å². The summed E-state index contributed by atoms with van der Waals surface area (Å²) in [6, 6.07) is 4.97. The number of aromatic nitrogens is 1. The van der Waals surface area contributed by atoms with E-state index in [2.05, 4.69) is 0 Å². The van der Waals surface area contributed by atoms with Crippen LogP contribution in [0.1, 0.15) is 23.8 Å².